The van der Waals surface area contributed by atoms with Crippen molar-refractivity contribution in [3.8, 4) is 17.7 Å². The van der Waals surface area contributed by atoms with Crippen molar-refractivity contribution in [2.45, 2.75) is 39.0 Å². The molecule has 0 fully saturated rings. The van der Waals surface area contributed by atoms with Gasteiger partial charge in [-0.3, -0.25) is 4.79 Å². The summed E-state index contributed by atoms with van der Waals surface area (Å²) < 4.78 is 5.75. The molecule has 0 saturated heterocycles. The highest BCUT2D eigenvalue weighted by molar-refractivity contribution is 7.14. The van der Waals surface area contributed by atoms with Crippen molar-refractivity contribution in [3.05, 3.63) is 69.0 Å². The molecule has 0 spiro atoms. The average molecular weight is 404 g/mol. The van der Waals surface area contributed by atoms with Gasteiger partial charge in [-0.05, 0) is 80.1 Å². The summed E-state index contributed by atoms with van der Waals surface area (Å²) in [6.07, 6.45) is 7.41. The minimum absolute atomic E-state index is 0.0728. The molecule has 1 aliphatic rings. The molecule has 0 saturated carbocycles. The molecule has 0 atom stereocenters. The first-order valence-corrected chi connectivity index (χ1v) is 10.5. The van der Waals surface area contributed by atoms with E-state index in [0.29, 0.717) is 11.3 Å². The quantitative estimate of drug-likeness (QED) is 0.572. The number of carbonyl (C=O) groups is 1. The van der Waals surface area contributed by atoms with E-state index >= 15 is 0 Å². The van der Waals surface area contributed by atoms with E-state index in [1.807, 2.05) is 19.1 Å². The van der Waals surface area contributed by atoms with Crippen molar-refractivity contribution in [1.29, 1.82) is 5.26 Å². The van der Waals surface area contributed by atoms with Gasteiger partial charge < -0.3 is 10.1 Å². The van der Waals surface area contributed by atoms with Crippen LogP contribution in [0.5, 0.6) is 11.6 Å². The second-order valence-electron chi connectivity index (χ2n) is 7.12. The molecular weight excluding hydrogens is 382 g/mol. The Morgan fingerprint density at radius 1 is 1.21 bits per heavy atom. The number of hydrogen-bond donors (Lipinski definition) is 1. The Morgan fingerprint density at radius 3 is 2.90 bits per heavy atom. The highest BCUT2D eigenvalue weighted by atomic mass is 32.1. The Bertz CT molecular complexity index is 1070. The topological polar surface area (TPSA) is 75.0 Å². The van der Waals surface area contributed by atoms with Crippen LogP contribution in [-0.4, -0.2) is 10.9 Å². The third-order valence-electron chi connectivity index (χ3n) is 5.02. The van der Waals surface area contributed by atoms with Crippen LogP contribution in [0.25, 0.3) is 0 Å². The van der Waals surface area contributed by atoms with Gasteiger partial charge in [-0.25, -0.2) is 4.98 Å². The summed E-state index contributed by atoms with van der Waals surface area (Å²) >= 11 is 1.62. The summed E-state index contributed by atoms with van der Waals surface area (Å²) in [4.78, 5) is 19.0. The van der Waals surface area contributed by atoms with Crippen LogP contribution >= 0.6 is 11.3 Å². The lowest BCUT2D eigenvalue weighted by molar-refractivity contribution is 0.103. The molecule has 4 rings (SSSR count). The zero-order valence-corrected chi connectivity index (χ0v) is 17.0. The van der Waals surface area contributed by atoms with Crippen molar-refractivity contribution < 1.29 is 9.53 Å². The molecule has 1 aromatic carbocycles. The minimum atomic E-state index is -0.0728. The van der Waals surface area contributed by atoms with Gasteiger partial charge in [0, 0.05) is 16.8 Å². The number of hydrogen-bond acceptors (Lipinski definition) is 5. The van der Waals surface area contributed by atoms with Gasteiger partial charge >= 0.3 is 0 Å². The number of anilines is 1. The molecule has 6 heteroatoms. The van der Waals surface area contributed by atoms with Gasteiger partial charge in [-0.1, -0.05) is 6.42 Å². The Balaban J connectivity index is 1.48. The van der Waals surface area contributed by atoms with E-state index in [2.05, 4.69) is 22.4 Å². The fraction of sp³-hybridized carbons (Fsp3) is 0.261. The number of thiophene rings is 1. The van der Waals surface area contributed by atoms with Gasteiger partial charge in [-0.15, -0.1) is 11.3 Å². The highest BCUT2D eigenvalue weighted by Crippen LogP contribution is 2.31. The lowest BCUT2D eigenvalue weighted by atomic mass is 10.1. The van der Waals surface area contributed by atoms with E-state index in [1.54, 1.807) is 35.7 Å². The van der Waals surface area contributed by atoms with Crippen LogP contribution in [0.2, 0.25) is 0 Å². The average Bonchev–Trinajstić information content (AvgIpc) is 3.01. The van der Waals surface area contributed by atoms with Crippen molar-refractivity contribution >= 4 is 22.9 Å². The number of nitriles is 1. The van der Waals surface area contributed by atoms with Crippen LogP contribution in [0.4, 0.5) is 5.69 Å². The molecule has 2 aromatic heterocycles. The summed E-state index contributed by atoms with van der Waals surface area (Å²) in [6.45, 7) is 1.91. The number of benzene rings is 1. The van der Waals surface area contributed by atoms with Crippen molar-refractivity contribution in [1.82, 2.24) is 4.98 Å². The molecule has 5 nitrogen and oxygen atoms in total. The number of nitrogens with one attached hydrogen (secondary N) is 1. The van der Waals surface area contributed by atoms with E-state index < -0.39 is 0 Å². The molecule has 1 N–H and O–H groups in total. The maximum absolute atomic E-state index is 12.8. The number of pyridine rings is 1. The normalized spacial score (nSPS) is 13.1. The SMILES string of the molecule is Cc1cc(Oc2ncccc2C#N)ccc1NC(=O)c1cc2c(s1)CCCCC2. The molecule has 1 amide bonds. The summed E-state index contributed by atoms with van der Waals surface area (Å²) in [5.41, 5.74) is 3.33. The third kappa shape index (κ3) is 4.30. The number of carbonyl (C=O) groups excluding carboxylic acids is 1. The lowest BCUT2D eigenvalue weighted by Crippen LogP contribution is -2.11. The van der Waals surface area contributed by atoms with Gasteiger partial charge in [0.1, 0.15) is 17.4 Å². The predicted molar refractivity (Wildman–Crippen MR) is 114 cm³/mol. The molecule has 0 radical (unpaired) electrons. The van der Waals surface area contributed by atoms with E-state index in [1.165, 1.54) is 29.7 Å². The fourth-order valence-corrected chi connectivity index (χ4v) is 4.62. The molecule has 1 aliphatic carbocycles. The largest absolute Gasteiger partial charge is 0.438 e. The Labute approximate surface area is 174 Å². The third-order valence-corrected chi connectivity index (χ3v) is 6.26. The molecule has 0 aliphatic heterocycles. The second-order valence-corrected chi connectivity index (χ2v) is 8.26. The second kappa shape index (κ2) is 8.46. The van der Waals surface area contributed by atoms with Crippen molar-refractivity contribution in [2.24, 2.45) is 0 Å². The molecular formula is C23H21N3O2S. The predicted octanol–water partition coefficient (Wildman–Crippen LogP) is 5.64. The van der Waals surface area contributed by atoms with E-state index in [9.17, 15) is 4.79 Å². The van der Waals surface area contributed by atoms with Crippen LogP contribution in [0.1, 0.15) is 50.5 Å². The summed E-state index contributed by atoms with van der Waals surface area (Å²) in [5.74, 6) is 0.765. The summed E-state index contributed by atoms with van der Waals surface area (Å²) in [7, 11) is 0. The Hall–Kier alpha value is -3.17. The van der Waals surface area contributed by atoms with Gasteiger partial charge in [0.05, 0.1) is 4.88 Å². The van der Waals surface area contributed by atoms with Crippen LogP contribution in [0.15, 0.2) is 42.6 Å². The van der Waals surface area contributed by atoms with Crippen LogP contribution < -0.4 is 10.1 Å². The number of ether oxygens (including phenoxy) is 1. The van der Waals surface area contributed by atoms with E-state index in [0.717, 1.165) is 29.0 Å². The summed E-state index contributed by atoms with van der Waals surface area (Å²) in [5, 5.41) is 12.2. The first kappa shape index (κ1) is 19.2. The summed E-state index contributed by atoms with van der Waals surface area (Å²) in [6, 6.07) is 12.9. The molecule has 0 bridgehead atoms. The first-order chi connectivity index (χ1) is 14.1. The van der Waals surface area contributed by atoms with Crippen molar-refractivity contribution in [2.75, 3.05) is 5.32 Å². The van der Waals surface area contributed by atoms with Crippen molar-refractivity contribution in [3.63, 3.8) is 0 Å². The smallest absolute Gasteiger partial charge is 0.265 e. The van der Waals surface area contributed by atoms with E-state index in [-0.39, 0.29) is 11.8 Å². The molecule has 0 unspecified atom stereocenters. The number of aryl methyl sites for hydroxylation is 3. The number of aromatic nitrogens is 1. The number of rotatable bonds is 4. The molecule has 146 valence electrons. The van der Waals surface area contributed by atoms with Crippen LogP contribution in [0.3, 0.4) is 0 Å². The Morgan fingerprint density at radius 2 is 2.07 bits per heavy atom. The van der Waals surface area contributed by atoms with Gasteiger partial charge in [0.15, 0.2) is 0 Å². The standard InChI is InChI=1S/C23H21N3O2S/c1-15-12-18(28-23-17(14-24)7-5-11-25-23)9-10-19(15)26-22(27)21-13-16-6-3-2-4-8-20(16)29-21/h5,7,9-13H,2-4,6,8H2,1H3,(H,26,27). The zero-order valence-electron chi connectivity index (χ0n) is 16.2. The van der Waals surface area contributed by atoms with Crippen LogP contribution in [-0.2, 0) is 12.8 Å². The molecule has 3 aromatic rings. The van der Waals surface area contributed by atoms with Gasteiger partial charge in [0.2, 0.25) is 5.88 Å². The highest BCUT2D eigenvalue weighted by Gasteiger charge is 2.17. The first-order valence-electron chi connectivity index (χ1n) is 9.70. The number of amides is 1. The Kier molecular flexibility index (Phi) is 5.59. The maximum Gasteiger partial charge on any atom is 0.265 e. The zero-order chi connectivity index (χ0) is 20.2. The van der Waals surface area contributed by atoms with Crippen LogP contribution in [0, 0.1) is 18.3 Å². The van der Waals surface area contributed by atoms with Gasteiger partial charge in [-0.2, -0.15) is 5.26 Å². The fourth-order valence-electron chi connectivity index (χ4n) is 3.47. The maximum atomic E-state index is 12.8. The van der Waals surface area contributed by atoms with E-state index in [4.69, 9.17) is 10.00 Å². The molecule has 2 heterocycles. The lowest BCUT2D eigenvalue weighted by Gasteiger charge is -2.11. The van der Waals surface area contributed by atoms with Gasteiger partial charge in [0.25, 0.3) is 5.91 Å². The number of fused-ring (bicyclic) bond motifs is 1. The minimum Gasteiger partial charge on any atom is -0.438 e. The monoisotopic (exact) mass is 403 g/mol. The number of nitrogens with zero attached hydrogens (tertiary/aromatic N) is 2. The molecule has 29 heavy (non-hydrogen) atoms.